The number of benzene rings is 2. The average Bonchev–Trinajstić information content (AvgIpc) is 2.67. The molecular weight excluding hydrogens is 382 g/mol. The van der Waals surface area contributed by atoms with Crippen molar-refractivity contribution in [3.05, 3.63) is 70.3 Å². The van der Waals surface area contributed by atoms with Crippen molar-refractivity contribution in [3.8, 4) is 6.07 Å². The summed E-state index contributed by atoms with van der Waals surface area (Å²) in [5.74, 6) is -0.448. The van der Waals surface area contributed by atoms with E-state index in [0.29, 0.717) is 10.7 Å². The van der Waals surface area contributed by atoms with Crippen molar-refractivity contribution in [2.45, 2.75) is 33.2 Å². The Labute approximate surface area is 177 Å². The standard InChI is InChI=1S/C24H24ClN3O/c1-5-28-22-11-6-17(13-21(22)16(2)14-24(28,3)4)12-18(15-26)23(29)27-20-9-7-19(25)8-10-20/h6-14H,5H2,1-4H3,(H,27,29)/b18-12-. The summed E-state index contributed by atoms with van der Waals surface area (Å²) in [6, 6.07) is 14.8. The van der Waals surface area contributed by atoms with Crippen LogP contribution < -0.4 is 10.2 Å². The van der Waals surface area contributed by atoms with Gasteiger partial charge in [0.1, 0.15) is 11.6 Å². The number of allylic oxidation sites excluding steroid dienone is 1. The Morgan fingerprint density at radius 1 is 1.24 bits per heavy atom. The molecule has 5 heteroatoms. The molecule has 0 radical (unpaired) electrons. The Kier molecular flexibility index (Phi) is 5.81. The van der Waals surface area contributed by atoms with Gasteiger partial charge in [0, 0.05) is 28.5 Å². The van der Waals surface area contributed by atoms with Crippen molar-refractivity contribution in [3.63, 3.8) is 0 Å². The number of carbonyl (C=O) groups is 1. The smallest absolute Gasteiger partial charge is 0.266 e. The molecule has 1 aliphatic rings. The van der Waals surface area contributed by atoms with Gasteiger partial charge in [-0.25, -0.2) is 0 Å². The summed E-state index contributed by atoms with van der Waals surface area (Å²) in [6.45, 7) is 9.53. The molecule has 1 aliphatic heterocycles. The zero-order valence-corrected chi connectivity index (χ0v) is 17.8. The second-order valence-electron chi connectivity index (χ2n) is 7.63. The molecule has 1 N–H and O–H groups in total. The highest BCUT2D eigenvalue weighted by molar-refractivity contribution is 6.30. The maximum atomic E-state index is 12.5. The lowest BCUT2D eigenvalue weighted by Gasteiger charge is -2.42. The molecule has 1 heterocycles. The summed E-state index contributed by atoms with van der Waals surface area (Å²) in [5.41, 5.74) is 4.87. The number of likely N-dealkylation sites (N-methyl/N-ethyl adjacent to an activating group) is 1. The van der Waals surface area contributed by atoms with E-state index < -0.39 is 5.91 Å². The van der Waals surface area contributed by atoms with Gasteiger partial charge in [-0.2, -0.15) is 5.26 Å². The number of carbonyl (C=O) groups excluding carboxylic acids is 1. The summed E-state index contributed by atoms with van der Waals surface area (Å²) >= 11 is 5.87. The third kappa shape index (κ3) is 4.36. The average molecular weight is 406 g/mol. The van der Waals surface area contributed by atoms with Gasteiger partial charge >= 0.3 is 0 Å². The topological polar surface area (TPSA) is 56.1 Å². The van der Waals surface area contributed by atoms with Gasteiger partial charge in [0.2, 0.25) is 0 Å². The van der Waals surface area contributed by atoms with Crippen LogP contribution in [-0.2, 0) is 4.79 Å². The second-order valence-corrected chi connectivity index (χ2v) is 8.07. The first-order valence-electron chi connectivity index (χ1n) is 9.55. The number of nitriles is 1. The Hall–Kier alpha value is -3.03. The van der Waals surface area contributed by atoms with Crippen LogP contribution in [0.25, 0.3) is 11.6 Å². The maximum absolute atomic E-state index is 12.5. The Balaban J connectivity index is 1.91. The van der Waals surface area contributed by atoms with Crippen LogP contribution in [-0.4, -0.2) is 18.0 Å². The van der Waals surface area contributed by atoms with Gasteiger partial charge in [0.15, 0.2) is 0 Å². The van der Waals surface area contributed by atoms with Crippen LogP contribution >= 0.6 is 11.6 Å². The van der Waals surface area contributed by atoms with Crippen LogP contribution in [0.15, 0.2) is 54.1 Å². The van der Waals surface area contributed by atoms with Crippen LogP contribution in [0.3, 0.4) is 0 Å². The molecule has 148 valence electrons. The number of anilines is 2. The first kappa shape index (κ1) is 20.7. The molecule has 0 saturated carbocycles. The summed E-state index contributed by atoms with van der Waals surface area (Å²) in [6.07, 6.45) is 3.87. The highest BCUT2D eigenvalue weighted by atomic mass is 35.5. The van der Waals surface area contributed by atoms with Gasteiger partial charge in [-0.3, -0.25) is 4.79 Å². The predicted octanol–water partition coefficient (Wildman–Crippen LogP) is 5.91. The van der Waals surface area contributed by atoms with Gasteiger partial charge in [-0.1, -0.05) is 23.7 Å². The Morgan fingerprint density at radius 3 is 2.55 bits per heavy atom. The molecule has 2 aromatic carbocycles. The third-order valence-electron chi connectivity index (χ3n) is 5.10. The van der Waals surface area contributed by atoms with Crippen molar-refractivity contribution >= 4 is 40.5 Å². The van der Waals surface area contributed by atoms with Crippen LogP contribution in [0.5, 0.6) is 0 Å². The van der Waals surface area contributed by atoms with E-state index in [2.05, 4.69) is 50.1 Å². The number of nitrogens with one attached hydrogen (secondary N) is 1. The van der Waals surface area contributed by atoms with Crippen LogP contribution in [0, 0.1) is 11.3 Å². The highest BCUT2D eigenvalue weighted by Crippen LogP contribution is 2.39. The third-order valence-corrected chi connectivity index (χ3v) is 5.35. The van der Waals surface area contributed by atoms with E-state index in [-0.39, 0.29) is 11.1 Å². The molecule has 29 heavy (non-hydrogen) atoms. The largest absolute Gasteiger partial charge is 0.363 e. The fourth-order valence-electron chi connectivity index (χ4n) is 3.82. The van der Waals surface area contributed by atoms with E-state index in [1.807, 2.05) is 18.2 Å². The number of amides is 1. The lowest BCUT2D eigenvalue weighted by atomic mass is 9.88. The molecule has 0 unspecified atom stereocenters. The molecule has 0 bridgehead atoms. The van der Waals surface area contributed by atoms with Crippen LogP contribution in [0.1, 0.15) is 38.8 Å². The molecular formula is C24H24ClN3O. The van der Waals surface area contributed by atoms with Gasteiger partial charge in [0.05, 0.1) is 5.54 Å². The number of fused-ring (bicyclic) bond motifs is 1. The lowest BCUT2D eigenvalue weighted by molar-refractivity contribution is -0.112. The lowest BCUT2D eigenvalue weighted by Crippen LogP contribution is -2.44. The maximum Gasteiger partial charge on any atom is 0.266 e. The normalized spacial score (nSPS) is 15.2. The number of hydrogen-bond donors (Lipinski definition) is 1. The zero-order chi connectivity index (χ0) is 21.2. The van der Waals surface area contributed by atoms with Crippen LogP contribution in [0.4, 0.5) is 11.4 Å². The van der Waals surface area contributed by atoms with Gasteiger partial charge in [0.25, 0.3) is 5.91 Å². The minimum absolute atomic E-state index is 0.0463. The molecule has 3 rings (SSSR count). The fraction of sp³-hybridized carbons (Fsp3) is 0.250. The zero-order valence-electron chi connectivity index (χ0n) is 17.1. The minimum atomic E-state index is -0.448. The molecule has 4 nitrogen and oxygen atoms in total. The van der Waals surface area contributed by atoms with E-state index >= 15 is 0 Å². The van der Waals surface area contributed by atoms with Gasteiger partial charge in [-0.05, 0) is 81.3 Å². The first-order chi connectivity index (χ1) is 13.7. The predicted molar refractivity (Wildman–Crippen MR) is 121 cm³/mol. The van der Waals surface area contributed by atoms with Crippen molar-refractivity contribution in [2.75, 3.05) is 16.8 Å². The molecule has 0 saturated heterocycles. The van der Waals surface area contributed by atoms with E-state index in [1.54, 1.807) is 30.3 Å². The molecule has 1 amide bonds. The first-order valence-corrected chi connectivity index (χ1v) is 9.93. The van der Waals surface area contributed by atoms with Crippen LogP contribution in [0.2, 0.25) is 5.02 Å². The Bertz CT molecular complexity index is 1040. The summed E-state index contributed by atoms with van der Waals surface area (Å²) in [5, 5.41) is 12.8. The second kappa shape index (κ2) is 8.14. The van der Waals surface area contributed by atoms with Gasteiger partial charge < -0.3 is 10.2 Å². The molecule has 0 aromatic heterocycles. The van der Waals surface area contributed by atoms with Crippen molar-refractivity contribution in [1.82, 2.24) is 0 Å². The summed E-state index contributed by atoms with van der Waals surface area (Å²) in [4.78, 5) is 14.9. The molecule has 0 spiro atoms. The molecule has 2 aromatic rings. The quantitative estimate of drug-likeness (QED) is 0.508. The summed E-state index contributed by atoms with van der Waals surface area (Å²) < 4.78 is 0. The van der Waals surface area contributed by atoms with Crippen molar-refractivity contribution in [1.29, 1.82) is 5.26 Å². The number of rotatable bonds is 4. The number of halogens is 1. The van der Waals surface area contributed by atoms with E-state index in [9.17, 15) is 10.1 Å². The van der Waals surface area contributed by atoms with E-state index in [1.165, 1.54) is 11.3 Å². The molecule has 0 fully saturated rings. The Morgan fingerprint density at radius 2 is 1.93 bits per heavy atom. The SMILES string of the molecule is CCN1c2ccc(/C=C(/C#N)C(=O)Nc3ccc(Cl)cc3)cc2C(C)=CC1(C)C. The highest BCUT2D eigenvalue weighted by Gasteiger charge is 2.30. The van der Waals surface area contributed by atoms with Crippen molar-refractivity contribution in [2.24, 2.45) is 0 Å². The number of nitrogens with zero attached hydrogens (tertiary/aromatic N) is 2. The van der Waals surface area contributed by atoms with Crippen molar-refractivity contribution < 1.29 is 4.79 Å². The fourth-order valence-corrected chi connectivity index (χ4v) is 3.94. The van der Waals surface area contributed by atoms with Gasteiger partial charge in [-0.15, -0.1) is 0 Å². The molecule has 0 atom stereocenters. The van der Waals surface area contributed by atoms with E-state index in [0.717, 1.165) is 17.7 Å². The minimum Gasteiger partial charge on any atom is -0.363 e. The summed E-state index contributed by atoms with van der Waals surface area (Å²) in [7, 11) is 0. The van der Waals surface area contributed by atoms with E-state index in [4.69, 9.17) is 11.6 Å². The molecule has 0 aliphatic carbocycles. The monoisotopic (exact) mass is 405 g/mol. The number of hydrogen-bond acceptors (Lipinski definition) is 3.